The van der Waals surface area contributed by atoms with E-state index in [0.717, 1.165) is 16.5 Å². The molecule has 1 amide bonds. The lowest BCUT2D eigenvalue weighted by Gasteiger charge is -2.11. The number of pyridine rings is 1. The van der Waals surface area contributed by atoms with Crippen molar-refractivity contribution in [3.63, 3.8) is 0 Å². The molecule has 0 saturated heterocycles. The molecule has 0 aliphatic rings. The van der Waals surface area contributed by atoms with Gasteiger partial charge in [-0.2, -0.15) is 5.10 Å². The van der Waals surface area contributed by atoms with E-state index in [-0.39, 0.29) is 5.91 Å². The van der Waals surface area contributed by atoms with Crippen molar-refractivity contribution in [2.75, 3.05) is 19.4 Å². The first-order valence-corrected chi connectivity index (χ1v) is 6.97. The Hall–Kier alpha value is -2.89. The van der Waals surface area contributed by atoms with Crippen LogP contribution in [0.25, 0.3) is 10.9 Å². The minimum Gasteiger partial charge on any atom is -0.366 e. The van der Waals surface area contributed by atoms with E-state index >= 15 is 0 Å². The Morgan fingerprint density at radius 1 is 1.27 bits per heavy atom. The maximum absolute atomic E-state index is 11.9. The predicted molar refractivity (Wildman–Crippen MR) is 85.7 cm³/mol. The Morgan fingerprint density at radius 3 is 2.95 bits per heavy atom. The number of hydrogen-bond acceptors (Lipinski definition) is 4. The quantitative estimate of drug-likeness (QED) is 0.774. The van der Waals surface area contributed by atoms with Crippen molar-refractivity contribution < 1.29 is 4.79 Å². The summed E-state index contributed by atoms with van der Waals surface area (Å²) >= 11 is 0. The van der Waals surface area contributed by atoms with E-state index in [1.807, 2.05) is 18.2 Å². The Balaban J connectivity index is 1.73. The van der Waals surface area contributed by atoms with Gasteiger partial charge in [0, 0.05) is 37.8 Å². The van der Waals surface area contributed by atoms with Crippen LogP contribution in [0.5, 0.6) is 0 Å². The lowest BCUT2D eigenvalue weighted by molar-refractivity contribution is 0.0827. The SMILES string of the molecule is CN(C)C(=O)c1ccnc(NCc2ccc3cn[nH]c3c2)c1. The van der Waals surface area contributed by atoms with Crippen LogP contribution in [0.1, 0.15) is 15.9 Å². The van der Waals surface area contributed by atoms with Gasteiger partial charge in [-0.15, -0.1) is 0 Å². The van der Waals surface area contributed by atoms with Crippen LogP contribution in [0.3, 0.4) is 0 Å². The largest absolute Gasteiger partial charge is 0.366 e. The van der Waals surface area contributed by atoms with Crippen LogP contribution in [-0.2, 0) is 6.54 Å². The molecule has 112 valence electrons. The van der Waals surface area contributed by atoms with Crippen molar-refractivity contribution in [1.82, 2.24) is 20.1 Å². The molecule has 22 heavy (non-hydrogen) atoms. The number of carbonyl (C=O) groups excluding carboxylic acids is 1. The van der Waals surface area contributed by atoms with Crippen molar-refractivity contribution in [2.24, 2.45) is 0 Å². The Labute approximate surface area is 128 Å². The van der Waals surface area contributed by atoms with Gasteiger partial charge < -0.3 is 10.2 Å². The van der Waals surface area contributed by atoms with Gasteiger partial charge in [0.1, 0.15) is 5.82 Å². The molecule has 0 aliphatic carbocycles. The van der Waals surface area contributed by atoms with E-state index in [4.69, 9.17) is 0 Å². The van der Waals surface area contributed by atoms with E-state index in [1.165, 1.54) is 0 Å². The fourth-order valence-electron chi connectivity index (χ4n) is 2.21. The van der Waals surface area contributed by atoms with Crippen LogP contribution < -0.4 is 5.32 Å². The molecule has 0 saturated carbocycles. The molecule has 0 aliphatic heterocycles. The normalized spacial score (nSPS) is 10.6. The van der Waals surface area contributed by atoms with Gasteiger partial charge >= 0.3 is 0 Å². The molecular weight excluding hydrogens is 278 g/mol. The number of hydrogen-bond donors (Lipinski definition) is 2. The smallest absolute Gasteiger partial charge is 0.253 e. The highest BCUT2D eigenvalue weighted by Gasteiger charge is 2.08. The summed E-state index contributed by atoms with van der Waals surface area (Å²) in [5.74, 6) is 0.640. The standard InChI is InChI=1S/C16H17N5O/c1-21(2)16(22)12-5-6-17-15(8-12)18-9-11-3-4-13-10-19-20-14(13)7-11/h3-8,10H,9H2,1-2H3,(H,17,18)(H,19,20). The van der Waals surface area contributed by atoms with E-state index in [2.05, 4.69) is 20.5 Å². The number of carbonyl (C=O) groups is 1. The lowest BCUT2D eigenvalue weighted by atomic mass is 10.1. The number of fused-ring (bicyclic) bond motifs is 1. The Morgan fingerprint density at radius 2 is 2.14 bits per heavy atom. The molecule has 0 spiro atoms. The zero-order valence-corrected chi connectivity index (χ0v) is 12.5. The third-order valence-electron chi connectivity index (χ3n) is 3.39. The van der Waals surface area contributed by atoms with Crippen LogP contribution in [0, 0.1) is 0 Å². The number of nitrogens with one attached hydrogen (secondary N) is 2. The number of nitrogens with zero attached hydrogens (tertiary/aromatic N) is 3. The molecule has 0 unspecified atom stereocenters. The van der Waals surface area contributed by atoms with E-state index in [0.29, 0.717) is 17.9 Å². The van der Waals surface area contributed by atoms with Crippen LogP contribution >= 0.6 is 0 Å². The van der Waals surface area contributed by atoms with Gasteiger partial charge in [-0.3, -0.25) is 9.89 Å². The fourth-order valence-corrected chi connectivity index (χ4v) is 2.21. The number of aromatic amines is 1. The van der Waals surface area contributed by atoms with Crippen LogP contribution in [0.15, 0.2) is 42.7 Å². The van der Waals surface area contributed by atoms with E-state index < -0.39 is 0 Å². The zero-order valence-electron chi connectivity index (χ0n) is 12.5. The predicted octanol–water partition coefficient (Wildman–Crippen LogP) is 2.27. The second-order valence-electron chi connectivity index (χ2n) is 5.27. The van der Waals surface area contributed by atoms with Crippen molar-refractivity contribution in [2.45, 2.75) is 6.54 Å². The molecule has 1 aromatic carbocycles. The molecule has 0 fully saturated rings. The van der Waals surface area contributed by atoms with Crippen molar-refractivity contribution >= 4 is 22.6 Å². The summed E-state index contributed by atoms with van der Waals surface area (Å²) in [6, 6.07) is 9.58. The van der Waals surface area contributed by atoms with Crippen molar-refractivity contribution in [3.05, 3.63) is 53.9 Å². The van der Waals surface area contributed by atoms with Gasteiger partial charge in [-0.05, 0) is 23.8 Å². The zero-order chi connectivity index (χ0) is 15.5. The number of H-pyrrole nitrogens is 1. The van der Waals surface area contributed by atoms with Gasteiger partial charge in [0.2, 0.25) is 0 Å². The van der Waals surface area contributed by atoms with E-state index in [1.54, 1.807) is 43.5 Å². The summed E-state index contributed by atoms with van der Waals surface area (Å²) in [6.07, 6.45) is 3.43. The molecule has 2 aromatic heterocycles. The number of amides is 1. The molecule has 2 heterocycles. The molecule has 3 rings (SSSR count). The highest BCUT2D eigenvalue weighted by atomic mass is 16.2. The first-order valence-electron chi connectivity index (χ1n) is 6.97. The summed E-state index contributed by atoms with van der Waals surface area (Å²) in [4.78, 5) is 17.7. The Bertz CT molecular complexity index is 809. The van der Waals surface area contributed by atoms with Gasteiger partial charge in [-0.25, -0.2) is 4.98 Å². The summed E-state index contributed by atoms with van der Waals surface area (Å²) < 4.78 is 0. The maximum atomic E-state index is 11.9. The number of aromatic nitrogens is 3. The topological polar surface area (TPSA) is 73.9 Å². The number of anilines is 1. The second-order valence-corrected chi connectivity index (χ2v) is 5.27. The molecule has 2 N–H and O–H groups in total. The first-order chi connectivity index (χ1) is 10.6. The Kier molecular flexibility index (Phi) is 3.74. The second kappa shape index (κ2) is 5.85. The van der Waals surface area contributed by atoms with E-state index in [9.17, 15) is 4.79 Å². The maximum Gasteiger partial charge on any atom is 0.253 e. The van der Waals surface area contributed by atoms with Gasteiger partial charge in [-0.1, -0.05) is 12.1 Å². The highest BCUT2D eigenvalue weighted by molar-refractivity contribution is 5.94. The molecule has 0 atom stereocenters. The minimum atomic E-state index is -0.0377. The monoisotopic (exact) mass is 295 g/mol. The summed E-state index contributed by atoms with van der Waals surface area (Å²) in [5.41, 5.74) is 2.73. The van der Waals surface area contributed by atoms with Gasteiger partial charge in [0.05, 0.1) is 11.7 Å². The number of rotatable bonds is 4. The molecular formula is C16H17N5O. The van der Waals surface area contributed by atoms with Gasteiger partial charge in [0.15, 0.2) is 0 Å². The lowest BCUT2D eigenvalue weighted by Crippen LogP contribution is -2.21. The molecule has 0 bridgehead atoms. The number of benzene rings is 1. The molecule has 6 nitrogen and oxygen atoms in total. The first kappa shape index (κ1) is 14.1. The minimum absolute atomic E-state index is 0.0377. The molecule has 6 heteroatoms. The highest BCUT2D eigenvalue weighted by Crippen LogP contribution is 2.15. The van der Waals surface area contributed by atoms with Crippen LogP contribution in [0.4, 0.5) is 5.82 Å². The summed E-state index contributed by atoms with van der Waals surface area (Å²) in [6.45, 7) is 0.627. The van der Waals surface area contributed by atoms with Crippen LogP contribution in [0.2, 0.25) is 0 Å². The fraction of sp³-hybridized carbons (Fsp3) is 0.188. The molecule has 3 aromatic rings. The average Bonchev–Trinajstić information content (AvgIpc) is 3.00. The van der Waals surface area contributed by atoms with Crippen LogP contribution in [-0.4, -0.2) is 40.1 Å². The molecule has 0 radical (unpaired) electrons. The van der Waals surface area contributed by atoms with Gasteiger partial charge in [0.25, 0.3) is 5.91 Å². The summed E-state index contributed by atoms with van der Waals surface area (Å²) in [5, 5.41) is 11.3. The van der Waals surface area contributed by atoms with Crippen molar-refractivity contribution in [1.29, 1.82) is 0 Å². The summed E-state index contributed by atoms with van der Waals surface area (Å²) in [7, 11) is 3.46. The van der Waals surface area contributed by atoms with Crippen molar-refractivity contribution in [3.8, 4) is 0 Å². The third-order valence-corrected chi connectivity index (χ3v) is 3.39. The third kappa shape index (κ3) is 2.90. The average molecular weight is 295 g/mol.